The number of aryl methyl sites for hydroxylation is 2. The van der Waals surface area contributed by atoms with E-state index in [2.05, 4.69) is 128 Å². The molecule has 4 heteroatoms. The Labute approximate surface area is 299 Å². The number of benzene rings is 6. The zero-order valence-electron chi connectivity index (χ0n) is 29.1. The molecule has 0 radical (unpaired) electrons. The lowest BCUT2D eigenvalue weighted by molar-refractivity contribution is 1.03. The summed E-state index contributed by atoms with van der Waals surface area (Å²) < 4.78 is 2.47. The Kier molecular flexibility index (Phi) is 8.65. The quantitative estimate of drug-likeness (QED) is 0.153. The standard InChI is InChI=1S/C47H38N4/c1-32-24-26-42-40(28-32)41-29-33(2)25-27-43(41)51(42)44(31-35-16-8-4-9-17-35)39(36-18-10-5-11-19-36)30-34(3)45-48-46(37-20-12-6-13-21-37)50-47(49-45)38-22-14-7-15-23-38/h4-30H,31H2,1-3H3/b34-30+,44-39-. The van der Waals surface area contributed by atoms with Gasteiger partial charge in [0.1, 0.15) is 0 Å². The van der Waals surface area contributed by atoms with Crippen LogP contribution in [0.4, 0.5) is 0 Å². The van der Waals surface area contributed by atoms with Gasteiger partial charge in [0.2, 0.25) is 0 Å². The van der Waals surface area contributed by atoms with Crippen LogP contribution < -0.4 is 0 Å². The van der Waals surface area contributed by atoms with E-state index in [0.717, 1.165) is 34.3 Å². The van der Waals surface area contributed by atoms with Crippen LogP contribution in [-0.2, 0) is 6.42 Å². The molecular weight excluding hydrogens is 621 g/mol. The van der Waals surface area contributed by atoms with E-state index < -0.39 is 0 Å². The molecule has 0 unspecified atom stereocenters. The molecule has 8 aromatic rings. The van der Waals surface area contributed by atoms with Gasteiger partial charge >= 0.3 is 0 Å². The Hall–Kier alpha value is -6.39. The first-order chi connectivity index (χ1) is 25.0. The van der Waals surface area contributed by atoms with Crippen molar-refractivity contribution in [3.05, 3.63) is 192 Å². The van der Waals surface area contributed by atoms with Gasteiger partial charge in [0, 0.05) is 39.6 Å². The van der Waals surface area contributed by atoms with Gasteiger partial charge in [-0.2, -0.15) is 0 Å². The normalized spacial score (nSPS) is 12.3. The van der Waals surface area contributed by atoms with E-state index in [1.165, 1.54) is 44.2 Å². The fourth-order valence-corrected chi connectivity index (χ4v) is 6.84. The third-order valence-electron chi connectivity index (χ3n) is 9.37. The van der Waals surface area contributed by atoms with Crippen LogP contribution in [0.5, 0.6) is 0 Å². The lowest BCUT2D eigenvalue weighted by Crippen LogP contribution is -2.05. The average Bonchev–Trinajstić information content (AvgIpc) is 3.49. The van der Waals surface area contributed by atoms with Crippen LogP contribution in [0, 0.1) is 13.8 Å². The number of allylic oxidation sites excluding steroid dienone is 4. The first-order valence-electron chi connectivity index (χ1n) is 17.4. The Balaban J connectivity index is 1.43. The van der Waals surface area contributed by atoms with Gasteiger partial charge in [-0.05, 0) is 67.8 Å². The van der Waals surface area contributed by atoms with E-state index in [1.807, 2.05) is 60.7 Å². The molecule has 2 aromatic heterocycles. The van der Waals surface area contributed by atoms with E-state index in [0.29, 0.717) is 17.5 Å². The highest BCUT2D eigenvalue weighted by atomic mass is 15.0. The molecule has 246 valence electrons. The van der Waals surface area contributed by atoms with Crippen molar-refractivity contribution in [2.75, 3.05) is 0 Å². The maximum atomic E-state index is 5.08. The van der Waals surface area contributed by atoms with E-state index in [1.54, 1.807) is 0 Å². The number of rotatable bonds is 8. The number of hydrogen-bond donors (Lipinski definition) is 0. The minimum atomic E-state index is 0.642. The summed E-state index contributed by atoms with van der Waals surface area (Å²) in [5.41, 5.74) is 12.4. The van der Waals surface area contributed by atoms with Gasteiger partial charge in [-0.3, -0.25) is 0 Å². The fourth-order valence-electron chi connectivity index (χ4n) is 6.84. The molecule has 0 N–H and O–H groups in total. The molecule has 0 fully saturated rings. The summed E-state index contributed by atoms with van der Waals surface area (Å²) in [6.07, 6.45) is 2.99. The van der Waals surface area contributed by atoms with Crippen molar-refractivity contribution in [3.8, 4) is 22.8 Å². The molecule has 0 spiro atoms. The Morgan fingerprint density at radius 1 is 0.549 bits per heavy atom. The second-order valence-corrected chi connectivity index (χ2v) is 13.1. The van der Waals surface area contributed by atoms with Gasteiger partial charge in [-0.1, -0.05) is 145 Å². The van der Waals surface area contributed by atoms with Crippen LogP contribution in [0.15, 0.2) is 164 Å². The summed E-state index contributed by atoms with van der Waals surface area (Å²) >= 11 is 0. The van der Waals surface area contributed by atoms with Crippen molar-refractivity contribution >= 4 is 38.6 Å². The summed E-state index contributed by atoms with van der Waals surface area (Å²) in [6, 6.07) is 55.3. The van der Waals surface area contributed by atoms with Gasteiger partial charge in [-0.25, -0.2) is 15.0 Å². The number of fused-ring (bicyclic) bond motifs is 3. The van der Waals surface area contributed by atoms with Crippen LogP contribution in [0.3, 0.4) is 0 Å². The monoisotopic (exact) mass is 658 g/mol. The van der Waals surface area contributed by atoms with Crippen LogP contribution in [0.2, 0.25) is 0 Å². The van der Waals surface area contributed by atoms with Crippen molar-refractivity contribution in [2.24, 2.45) is 0 Å². The highest BCUT2D eigenvalue weighted by Gasteiger charge is 2.20. The Morgan fingerprint density at radius 2 is 1.02 bits per heavy atom. The molecule has 51 heavy (non-hydrogen) atoms. The van der Waals surface area contributed by atoms with Gasteiger partial charge < -0.3 is 4.57 Å². The zero-order chi connectivity index (χ0) is 34.7. The maximum absolute atomic E-state index is 5.08. The van der Waals surface area contributed by atoms with Crippen molar-refractivity contribution < 1.29 is 0 Å². The van der Waals surface area contributed by atoms with E-state index in [-0.39, 0.29) is 0 Å². The van der Waals surface area contributed by atoms with Crippen LogP contribution >= 0.6 is 0 Å². The molecule has 8 rings (SSSR count). The zero-order valence-corrected chi connectivity index (χ0v) is 29.1. The van der Waals surface area contributed by atoms with Crippen LogP contribution in [-0.4, -0.2) is 19.5 Å². The molecule has 0 aliphatic heterocycles. The molecule has 0 saturated carbocycles. The lowest BCUT2D eigenvalue weighted by Gasteiger charge is -2.19. The van der Waals surface area contributed by atoms with Gasteiger partial charge in [0.15, 0.2) is 17.5 Å². The van der Waals surface area contributed by atoms with Gasteiger partial charge in [0.05, 0.1) is 11.0 Å². The summed E-state index contributed by atoms with van der Waals surface area (Å²) in [4.78, 5) is 15.1. The molecule has 0 saturated heterocycles. The topological polar surface area (TPSA) is 43.6 Å². The van der Waals surface area contributed by atoms with Gasteiger partial charge in [0.25, 0.3) is 0 Å². The average molecular weight is 659 g/mol. The molecule has 2 heterocycles. The first kappa shape index (κ1) is 31.9. The second kappa shape index (κ2) is 13.9. The lowest BCUT2D eigenvalue weighted by atomic mass is 9.96. The van der Waals surface area contributed by atoms with E-state index >= 15 is 0 Å². The molecule has 0 aliphatic rings. The van der Waals surface area contributed by atoms with Crippen molar-refractivity contribution in [1.29, 1.82) is 0 Å². The van der Waals surface area contributed by atoms with Gasteiger partial charge in [-0.15, -0.1) is 0 Å². The molecule has 6 aromatic carbocycles. The fraction of sp³-hybridized carbons (Fsp3) is 0.0851. The SMILES string of the molecule is C/C(=C\C(=C(/Cc1ccccc1)n1c2ccc(C)cc2c2cc(C)ccc21)c1ccccc1)c1nc(-c2ccccc2)nc(-c2ccccc2)n1. The molecule has 0 bridgehead atoms. The number of aromatic nitrogens is 4. The highest BCUT2D eigenvalue weighted by molar-refractivity contribution is 6.12. The predicted octanol–water partition coefficient (Wildman–Crippen LogP) is 11.6. The highest BCUT2D eigenvalue weighted by Crippen LogP contribution is 2.38. The smallest absolute Gasteiger partial charge is 0.164 e. The van der Waals surface area contributed by atoms with Crippen molar-refractivity contribution in [2.45, 2.75) is 27.2 Å². The largest absolute Gasteiger partial charge is 0.312 e. The predicted molar refractivity (Wildman–Crippen MR) is 213 cm³/mol. The first-order valence-corrected chi connectivity index (χ1v) is 17.4. The third kappa shape index (κ3) is 6.52. The minimum absolute atomic E-state index is 0.642. The minimum Gasteiger partial charge on any atom is -0.312 e. The third-order valence-corrected chi connectivity index (χ3v) is 9.37. The van der Waals surface area contributed by atoms with Crippen LogP contribution in [0.1, 0.15) is 35.0 Å². The van der Waals surface area contributed by atoms with Crippen molar-refractivity contribution in [3.63, 3.8) is 0 Å². The molecule has 0 atom stereocenters. The number of hydrogen-bond acceptors (Lipinski definition) is 3. The summed E-state index contributed by atoms with van der Waals surface area (Å²) in [7, 11) is 0. The molecule has 0 amide bonds. The second-order valence-electron chi connectivity index (χ2n) is 13.1. The van der Waals surface area contributed by atoms with E-state index in [9.17, 15) is 0 Å². The Bertz CT molecular complexity index is 2430. The van der Waals surface area contributed by atoms with E-state index in [4.69, 9.17) is 15.0 Å². The summed E-state index contributed by atoms with van der Waals surface area (Å²) in [6.45, 7) is 6.45. The number of nitrogens with zero attached hydrogens (tertiary/aromatic N) is 4. The maximum Gasteiger partial charge on any atom is 0.164 e. The molecule has 4 nitrogen and oxygen atoms in total. The van der Waals surface area contributed by atoms with Crippen LogP contribution in [0.25, 0.3) is 61.4 Å². The van der Waals surface area contributed by atoms with Crippen molar-refractivity contribution in [1.82, 2.24) is 19.5 Å². The summed E-state index contributed by atoms with van der Waals surface area (Å²) in [5, 5.41) is 2.51. The Morgan fingerprint density at radius 3 is 1.53 bits per heavy atom. The summed E-state index contributed by atoms with van der Waals surface area (Å²) in [5.74, 6) is 1.94. The molecule has 0 aliphatic carbocycles. The molecular formula is C47H38N4.